The molecular formula is C17H20NO3+. The second-order valence-electron chi connectivity index (χ2n) is 7.25. The lowest BCUT2D eigenvalue weighted by molar-refractivity contribution is -0.923. The van der Waals surface area contributed by atoms with Crippen molar-refractivity contribution in [2.45, 2.75) is 48.8 Å². The van der Waals surface area contributed by atoms with Crippen LogP contribution in [0.2, 0.25) is 0 Å². The molecule has 2 aliphatic heterocycles. The maximum Gasteiger partial charge on any atom is 0.174 e. The van der Waals surface area contributed by atoms with Crippen LogP contribution < -0.4 is 9.64 Å². The van der Waals surface area contributed by atoms with Crippen molar-refractivity contribution in [2.24, 2.45) is 0 Å². The number of rotatable bonds is 0. The topological polar surface area (TPSA) is 51.0 Å². The number of carbonyl (C=O) groups is 1. The third-order valence-electron chi connectivity index (χ3n) is 6.58. The van der Waals surface area contributed by atoms with Gasteiger partial charge in [0.25, 0.3) is 0 Å². The van der Waals surface area contributed by atoms with E-state index in [-0.39, 0.29) is 11.8 Å². The Hall–Kier alpha value is -1.39. The van der Waals surface area contributed by atoms with Crippen molar-refractivity contribution in [1.29, 1.82) is 0 Å². The molecule has 4 nitrogen and oxygen atoms in total. The highest BCUT2D eigenvalue weighted by Crippen LogP contribution is 2.60. The summed E-state index contributed by atoms with van der Waals surface area (Å²) in [7, 11) is 2.17. The van der Waals surface area contributed by atoms with Gasteiger partial charge in [0.15, 0.2) is 11.9 Å². The quantitative estimate of drug-likeness (QED) is 0.684. The number of hydrogen-bond donors (Lipinski definition) is 2. The molecule has 5 atom stereocenters. The van der Waals surface area contributed by atoms with Gasteiger partial charge < -0.3 is 14.7 Å². The molecule has 1 saturated heterocycles. The molecule has 1 aromatic carbocycles. The molecule has 2 N–H and O–H groups in total. The Balaban J connectivity index is 1.87. The zero-order valence-electron chi connectivity index (χ0n) is 12.2. The second kappa shape index (κ2) is 3.50. The maximum absolute atomic E-state index is 12.5. The zero-order chi connectivity index (χ0) is 14.4. The summed E-state index contributed by atoms with van der Waals surface area (Å²) in [5.41, 5.74) is 1.14. The lowest BCUT2D eigenvalue weighted by atomic mass is 9.49. The van der Waals surface area contributed by atoms with Gasteiger partial charge in [-0.2, -0.15) is 0 Å². The van der Waals surface area contributed by atoms with Crippen LogP contribution in [-0.2, 0) is 16.6 Å². The molecule has 1 saturated carbocycles. The van der Waals surface area contributed by atoms with Crippen LogP contribution in [0.1, 0.15) is 30.4 Å². The highest BCUT2D eigenvalue weighted by molar-refractivity contribution is 5.89. The first-order chi connectivity index (χ1) is 10.1. The number of likely N-dealkylation sites (tertiary alicyclic amines) is 1. The average molecular weight is 286 g/mol. The molecular weight excluding hydrogens is 266 g/mol. The van der Waals surface area contributed by atoms with Gasteiger partial charge >= 0.3 is 0 Å². The summed E-state index contributed by atoms with van der Waals surface area (Å²) in [6.07, 6.45) is 2.28. The largest absolute Gasteiger partial charge is 0.481 e. The van der Waals surface area contributed by atoms with Gasteiger partial charge in [0.2, 0.25) is 0 Å². The molecule has 0 amide bonds. The van der Waals surface area contributed by atoms with Gasteiger partial charge in [0, 0.05) is 24.8 Å². The molecule has 0 radical (unpaired) electrons. The van der Waals surface area contributed by atoms with Crippen LogP contribution >= 0.6 is 0 Å². The molecule has 4 aliphatic rings. The summed E-state index contributed by atoms with van der Waals surface area (Å²) in [5.74, 6) is 1.01. The number of aliphatic hydroxyl groups is 1. The maximum atomic E-state index is 12.5. The molecule has 1 spiro atoms. The number of ketones is 1. The van der Waals surface area contributed by atoms with E-state index in [0.717, 1.165) is 30.7 Å². The van der Waals surface area contributed by atoms with E-state index in [0.29, 0.717) is 12.8 Å². The molecule has 21 heavy (non-hydrogen) atoms. The van der Waals surface area contributed by atoms with E-state index in [1.165, 1.54) is 10.5 Å². The van der Waals surface area contributed by atoms with Crippen molar-refractivity contribution in [3.8, 4) is 5.75 Å². The van der Waals surface area contributed by atoms with Gasteiger partial charge in [-0.05, 0) is 18.1 Å². The fraction of sp³-hybridized carbons (Fsp3) is 0.588. The minimum absolute atomic E-state index is 0.169. The van der Waals surface area contributed by atoms with Crippen molar-refractivity contribution >= 4 is 5.78 Å². The normalized spacial score (nSPS) is 46.0. The van der Waals surface area contributed by atoms with Crippen LogP contribution in [0, 0.1) is 0 Å². The van der Waals surface area contributed by atoms with E-state index in [2.05, 4.69) is 13.1 Å². The Morgan fingerprint density at radius 3 is 3.10 bits per heavy atom. The molecule has 5 unspecified atom stereocenters. The summed E-state index contributed by atoms with van der Waals surface area (Å²) < 4.78 is 6.07. The highest BCUT2D eigenvalue weighted by Gasteiger charge is 2.74. The fourth-order valence-electron chi connectivity index (χ4n) is 5.66. The van der Waals surface area contributed by atoms with Crippen LogP contribution in [0.4, 0.5) is 0 Å². The SMILES string of the molecule is C[NH+]1CCC23c4c5cccc4OC2C(=O)CCC3(O)C1C5. The number of likely N-dealkylation sites (N-methyl/N-ethyl adjacent to an activating group) is 1. The van der Waals surface area contributed by atoms with Crippen molar-refractivity contribution in [1.82, 2.24) is 0 Å². The molecule has 5 rings (SSSR count). The van der Waals surface area contributed by atoms with Gasteiger partial charge in [0.1, 0.15) is 17.4 Å². The third kappa shape index (κ3) is 1.12. The van der Waals surface area contributed by atoms with E-state index in [1.54, 1.807) is 0 Å². The average Bonchev–Trinajstić information content (AvgIpc) is 2.81. The molecule has 2 heterocycles. The van der Waals surface area contributed by atoms with Crippen molar-refractivity contribution < 1.29 is 19.5 Å². The van der Waals surface area contributed by atoms with Crippen LogP contribution in [0.3, 0.4) is 0 Å². The Morgan fingerprint density at radius 1 is 1.38 bits per heavy atom. The third-order valence-corrected chi connectivity index (χ3v) is 6.58. The molecule has 1 aromatic rings. The zero-order valence-corrected chi connectivity index (χ0v) is 12.2. The second-order valence-corrected chi connectivity index (χ2v) is 7.25. The van der Waals surface area contributed by atoms with Crippen LogP contribution in [0.15, 0.2) is 18.2 Å². The van der Waals surface area contributed by atoms with Crippen molar-refractivity contribution in [3.63, 3.8) is 0 Å². The number of piperidine rings is 1. The minimum Gasteiger partial charge on any atom is -0.481 e. The Labute approximate surface area is 123 Å². The molecule has 2 aliphatic carbocycles. The van der Waals surface area contributed by atoms with Gasteiger partial charge in [-0.25, -0.2) is 0 Å². The number of quaternary nitrogens is 1. The Kier molecular flexibility index (Phi) is 2.03. The predicted octanol–water partition coefficient (Wildman–Crippen LogP) is -0.377. The van der Waals surface area contributed by atoms with E-state index >= 15 is 0 Å². The van der Waals surface area contributed by atoms with Gasteiger partial charge in [-0.15, -0.1) is 0 Å². The predicted molar refractivity (Wildman–Crippen MR) is 75.6 cm³/mol. The lowest BCUT2D eigenvalue weighted by Crippen LogP contribution is -3.19. The first-order valence-corrected chi connectivity index (χ1v) is 7.94. The lowest BCUT2D eigenvalue weighted by Gasteiger charge is -2.59. The van der Waals surface area contributed by atoms with Gasteiger partial charge in [0.05, 0.1) is 19.0 Å². The van der Waals surface area contributed by atoms with E-state index in [1.807, 2.05) is 12.1 Å². The van der Waals surface area contributed by atoms with E-state index < -0.39 is 17.1 Å². The molecule has 4 heteroatoms. The Bertz CT molecular complexity index is 672. The van der Waals surface area contributed by atoms with E-state index in [9.17, 15) is 9.90 Å². The van der Waals surface area contributed by atoms with Crippen LogP contribution in [0.25, 0.3) is 0 Å². The smallest absolute Gasteiger partial charge is 0.174 e. The molecule has 2 fully saturated rings. The number of carbonyl (C=O) groups excluding carboxylic acids is 1. The Morgan fingerprint density at radius 2 is 2.24 bits per heavy atom. The minimum atomic E-state index is -0.798. The summed E-state index contributed by atoms with van der Waals surface area (Å²) in [6.45, 7) is 0.994. The van der Waals surface area contributed by atoms with E-state index in [4.69, 9.17) is 4.74 Å². The summed E-state index contributed by atoms with van der Waals surface area (Å²) in [5, 5.41) is 11.6. The number of nitrogens with one attached hydrogen (secondary N) is 1. The van der Waals surface area contributed by atoms with Crippen molar-refractivity contribution in [3.05, 3.63) is 29.3 Å². The number of ether oxygens (including phenoxy) is 1. The number of Topliss-reactive ketones (excluding diaryl/α,β-unsaturated/α-hetero) is 1. The molecule has 2 bridgehead atoms. The number of benzene rings is 1. The number of hydrogen-bond acceptors (Lipinski definition) is 3. The molecule has 0 aromatic heterocycles. The first kappa shape index (κ1) is 12.2. The summed E-state index contributed by atoms with van der Waals surface area (Å²) in [6, 6.07) is 6.30. The van der Waals surface area contributed by atoms with Crippen LogP contribution in [0.5, 0.6) is 5.75 Å². The monoisotopic (exact) mass is 286 g/mol. The van der Waals surface area contributed by atoms with Crippen molar-refractivity contribution in [2.75, 3.05) is 13.6 Å². The standard InChI is InChI=1S/C17H19NO3/c1-18-8-7-16-14-10-3-2-4-12(14)21-15(16)11(19)5-6-17(16,20)13(18)9-10/h2-4,13,15,20H,5-9H2,1H3/p+1. The van der Waals surface area contributed by atoms with Crippen LogP contribution in [-0.4, -0.2) is 42.2 Å². The van der Waals surface area contributed by atoms with Gasteiger partial charge in [-0.1, -0.05) is 12.1 Å². The molecule has 110 valence electrons. The summed E-state index contributed by atoms with van der Waals surface area (Å²) in [4.78, 5) is 13.9. The fourth-order valence-corrected chi connectivity index (χ4v) is 5.66. The first-order valence-electron chi connectivity index (χ1n) is 7.94. The summed E-state index contributed by atoms with van der Waals surface area (Å²) >= 11 is 0. The highest BCUT2D eigenvalue weighted by atomic mass is 16.5. The van der Waals surface area contributed by atoms with Gasteiger partial charge in [-0.3, -0.25) is 4.79 Å².